The molecule has 0 radical (unpaired) electrons. The third kappa shape index (κ3) is 7.73. The van der Waals surface area contributed by atoms with Crippen molar-refractivity contribution in [3.63, 3.8) is 0 Å². The SMILES string of the molecule is CNCC(=O)NC(C(=O)N1CCCC1CN(CCc1ccccc1)C(=O)c1ccc2cc(C)ccc2c1)C(C)(C)C. The van der Waals surface area contributed by atoms with Crippen LogP contribution in [0.2, 0.25) is 0 Å². The summed E-state index contributed by atoms with van der Waals surface area (Å²) in [4.78, 5) is 44.2. The molecule has 0 saturated carbocycles. The Labute approximate surface area is 244 Å². The Hall–Kier alpha value is -3.71. The molecule has 2 unspecified atom stereocenters. The highest BCUT2D eigenvalue weighted by Crippen LogP contribution is 2.27. The molecule has 3 amide bonds. The van der Waals surface area contributed by atoms with Crippen molar-refractivity contribution in [2.24, 2.45) is 5.41 Å². The van der Waals surface area contributed by atoms with Crippen LogP contribution in [0.25, 0.3) is 10.8 Å². The number of likely N-dealkylation sites (N-methyl/N-ethyl adjacent to an activating group) is 1. The van der Waals surface area contributed by atoms with E-state index in [9.17, 15) is 14.4 Å². The van der Waals surface area contributed by atoms with Crippen LogP contribution in [0.5, 0.6) is 0 Å². The maximum Gasteiger partial charge on any atom is 0.253 e. The van der Waals surface area contributed by atoms with Gasteiger partial charge in [-0.15, -0.1) is 0 Å². The van der Waals surface area contributed by atoms with Gasteiger partial charge in [0, 0.05) is 31.2 Å². The largest absolute Gasteiger partial charge is 0.343 e. The fourth-order valence-electron chi connectivity index (χ4n) is 5.62. The molecule has 0 aliphatic carbocycles. The van der Waals surface area contributed by atoms with Crippen LogP contribution >= 0.6 is 0 Å². The molecule has 2 N–H and O–H groups in total. The highest BCUT2D eigenvalue weighted by molar-refractivity contribution is 5.99. The number of carbonyl (C=O) groups excluding carboxylic acids is 3. The third-order valence-electron chi connectivity index (χ3n) is 7.89. The first-order chi connectivity index (χ1) is 19.6. The number of aryl methyl sites for hydroxylation is 1. The molecule has 3 aromatic carbocycles. The Morgan fingerprint density at radius 1 is 1.00 bits per heavy atom. The van der Waals surface area contributed by atoms with Gasteiger partial charge in [-0.1, -0.05) is 80.9 Å². The molecule has 2 atom stereocenters. The average molecular weight is 557 g/mol. The van der Waals surface area contributed by atoms with Gasteiger partial charge in [0.25, 0.3) is 5.91 Å². The lowest BCUT2D eigenvalue weighted by atomic mass is 9.85. The predicted octanol–water partition coefficient (Wildman–Crippen LogP) is 4.57. The first-order valence-corrected chi connectivity index (χ1v) is 14.6. The van der Waals surface area contributed by atoms with Gasteiger partial charge in [-0.3, -0.25) is 14.4 Å². The van der Waals surface area contributed by atoms with E-state index < -0.39 is 11.5 Å². The molecule has 1 saturated heterocycles. The Bertz CT molecular complexity index is 1370. The van der Waals surface area contributed by atoms with Gasteiger partial charge in [0.2, 0.25) is 11.8 Å². The van der Waals surface area contributed by atoms with E-state index in [2.05, 4.69) is 47.9 Å². The lowest BCUT2D eigenvalue weighted by Crippen LogP contribution is -2.58. The lowest BCUT2D eigenvalue weighted by molar-refractivity contribution is -0.140. The van der Waals surface area contributed by atoms with Gasteiger partial charge in [-0.05, 0) is 67.1 Å². The molecular formula is C34H44N4O3. The zero-order valence-corrected chi connectivity index (χ0v) is 25.1. The maximum atomic E-state index is 14.0. The van der Waals surface area contributed by atoms with Crippen LogP contribution in [0.15, 0.2) is 66.7 Å². The Balaban J connectivity index is 1.58. The van der Waals surface area contributed by atoms with Crippen molar-refractivity contribution in [1.82, 2.24) is 20.4 Å². The van der Waals surface area contributed by atoms with Crippen LogP contribution in [0.1, 0.15) is 55.1 Å². The van der Waals surface area contributed by atoms with Crippen molar-refractivity contribution in [1.29, 1.82) is 0 Å². The van der Waals surface area contributed by atoms with E-state index in [0.717, 1.165) is 30.0 Å². The van der Waals surface area contributed by atoms with Gasteiger partial charge in [0.15, 0.2) is 0 Å². The maximum absolute atomic E-state index is 14.0. The van der Waals surface area contributed by atoms with E-state index >= 15 is 0 Å². The van der Waals surface area contributed by atoms with Crippen molar-refractivity contribution in [2.75, 3.05) is 33.2 Å². The van der Waals surface area contributed by atoms with Gasteiger partial charge in [-0.25, -0.2) is 0 Å². The van der Waals surface area contributed by atoms with E-state index in [1.165, 1.54) is 11.1 Å². The van der Waals surface area contributed by atoms with Gasteiger partial charge in [-0.2, -0.15) is 0 Å². The van der Waals surface area contributed by atoms with Crippen LogP contribution in [-0.4, -0.2) is 72.8 Å². The van der Waals surface area contributed by atoms with E-state index in [-0.39, 0.29) is 30.3 Å². The van der Waals surface area contributed by atoms with Crippen LogP contribution in [-0.2, 0) is 16.0 Å². The summed E-state index contributed by atoms with van der Waals surface area (Å²) >= 11 is 0. The topological polar surface area (TPSA) is 81.8 Å². The minimum atomic E-state index is -0.652. The lowest BCUT2D eigenvalue weighted by Gasteiger charge is -2.37. The molecule has 1 fully saturated rings. The molecule has 218 valence electrons. The third-order valence-corrected chi connectivity index (χ3v) is 7.89. The summed E-state index contributed by atoms with van der Waals surface area (Å²) in [6, 6.07) is 21.5. The minimum Gasteiger partial charge on any atom is -0.343 e. The number of fused-ring (bicyclic) bond motifs is 1. The number of nitrogens with one attached hydrogen (secondary N) is 2. The fraction of sp³-hybridized carbons (Fsp3) is 0.441. The zero-order chi connectivity index (χ0) is 29.6. The average Bonchev–Trinajstić information content (AvgIpc) is 3.41. The number of rotatable bonds is 10. The molecule has 0 bridgehead atoms. The molecule has 7 nitrogen and oxygen atoms in total. The van der Waals surface area contributed by atoms with Crippen LogP contribution in [0.3, 0.4) is 0 Å². The monoisotopic (exact) mass is 556 g/mol. The molecule has 7 heteroatoms. The highest BCUT2D eigenvalue weighted by Gasteiger charge is 2.40. The first-order valence-electron chi connectivity index (χ1n) is 14.6. The Kier molecular flexibility index (Phi) is 9.81. The molecule has 1 aliphatic rings. The minimum absolute atomic E-state index is 0.0302. The normalized spacial score (nSPS) is 16.0. The summed E-state index contributed by atoms with van der Waals surface area (Å²) in [5.41, 5.74) is 2.54. The highest BCUT2D eigenvalue weighted by atomic mass is 16.2. The summed E-state index contributed by atoms with van der Waals surface area (Å²) in [5, 5.41) is 7.95. The molecule has 1 aliphatic heterocycles. The van der Waals surface area contributed by atoms with Crippen molar-refractivity contribution in [2.45, 2.75) is 59.0 Å². The predicted molar refractivity (Wildman–Crippen MR) is 165 cm³/mol. The van der Waals surface area contributed by atoms with E-state index in [1.54, 1.807) is 7.05 Å². The number of benzene rings is 3. The summed E-state index contributed by atoms with van der Waals surface area (Å²) in [6.45, 7) is 9.74. The number of hydrogen-bond donors (Lipinski definition) is 2. The molecule has 0 spiro atoms. The zero-order valence-electron chi connectivity index (χ0n) is 25.1. The van der Waals surface area contributed by atoms with Crippen molar-refractivity contribution in [3.8, 4) is 0 Å². The number of carbonyl (C=O) groups is 3. The van der Waals surface area contributed by atoms with Crippen LogP contribution < -0.4 is 10.6 Å². The summed E-state index contributed by atoms with van der Waals surface area (Å²) < 4.78 is 0. The van der Waals surface area contributed by atoms with E-state index in [0.29, 0.717) is 25.2 Å². The Morgan fingerprint density at radius 2 is 1.71 bits per heavy atom. The molecule has 41 heavy (non-hydrogen) atoms. The van der Waals surface area contributed by atoms with Crippen LogP contribution in [0.4, 0.5) is 0 Å². The van der Waals surface area contributed by atoms with E-state index in [4.69, 9.17) is 0 Å². The first kappa shape index (κ1) is 30.3. The summed E-state index contributed by atoms with van der Waals surface area (Å²) in [7, 11) is 1.71. The van der Waals surface area contributed by atoms with Gasteiger partial charge >= 0.3 is 0 Å². The second-order valence-electron chi connectivity index (χ2n) is 12.3. The quantitative estimate of drug-likeness (QED) is 0.383. The van der Waals surface area contributed by atoms with Crippen molar-refractivity contribution >= 4 is 28.5 Å². The number of likely N-dealkylation sites (tertiary alicyclic amines) is 1. The number of nitrogens with zero attached hydrogens (tertiary/aromatic N) is 2. The summed E-state index contributed by atoms with van der Waals surface area (Å²) in [5.74, 6) is -0.318. The van der Waals surface area contributed by atoms with Crippen LogP contribution in [0, 0.1) is 12.3 Å². The Morgan fingerprint density at radius 3 is 2.41 bits per heavy atom. The fourth-order valence-corrected chi connectivity index (χ4v) is 5.62. The molecule has 0 aromatic heterocycles. The summed E-state index contributed by atoms with van der Waals surface area (Å²) in [6.07, 6.45) is 2.41. The second kappa shape index (κ2) is 13.3. The standard InChI is InChI=1S/C34H44N4O3/c1-24-13-14-27-21-28(16-15-26(27)20-24)32(40)37(19-17-25-10-7-6-8-11-25)23-29-12-9-18-38(29)33(41)31(34(2,3)4)36-30(39)22-35-5/h6-8,10-11,13-16,20-21,29,31,35H,9,12,17-19,22-23H2,1-5H3,(H,36,39). The van der Waals surface area contributed by atoms with Crippen molar-refractivity contribution in [3.05, 3.63) is 83.4 Å². The molecule has 3 aromatic rings. The second-order valence-corrected chi connectivity index (χ2v) is 12.3. The van der Waals surface area contributed by atoms with Gasteiger partial charge < -0.3 is 20.4 Å². The van der Waals surface area contributed by atoms with Gasteiger partial charge in [0.1, 0.15) is 6.04 Å². The molecule has 4 rings (SSSR count). The van der Waals surface area contributed by atoms with E-state index in [1.807, 2.05) is 67.0 Å². The number of hydrogen-bond acceptors (Lipinski definition) is 4. The molecular weight excluding hydrogens is 512 g/mol. The molecule has 1 heterocycles. The number of amides is 3. The van der Waals surface area contributed by atoms with Crippen molar-refractivity contribution < 1.29 is 14.4 Å². The smallest absolute Gasteiger partial charge is 0.253 e. The van der Waals surface area contributed by atoms with Gasteiger partial charge in [0.05, 0.1) is 6.54 Å².